The van der Waals surface area contributed by atoms with E-state index in [0.717, 1.165) is 38.5 Å². The Kier molecular flexibility index (Phi) is 5.76. The molecular weight excluding hydrogens is 338 g/mol. The van der Waals surface area contributed by atoms with Crippen LogP contribution in [0.3, 0.4) is 0 Å². The Bertz CT molecular complexity index is 685. The number of piperidine rings is 1. The van der Waals surface area contributed by atoms with Crippen LogP contribution in [0, 0.1) is 0 Å². The summed E-state index contributed by atoms with van der Waals surface area (Å²) in [5, 5.41) is 3.06. The molecule has 1 unspecified atom stereocenters. The third-order valence-electron chi connectivity index (χ3n) is 5.22. The van der Waals surface area contributed by atoms with Gasteiger partial charge in [-0.05, 0) is 50.7 Å². The standard InChI is InChI=1S/C18H27N3O3S/c19-14-9-11-15(12-10-14)20-18(22)17-8-4-5-13-21(17)25(23,24)16-6-2-1-3-7-16/h1-3,6-7,14-15,17H,4-5,8-13,19H2,(H,20,22). The first-order valence-corrected chi connectivity index (χ1v) is 10.6. The number of benzene rings is 1. The molecule has 6 nitrogen and oxygen atoms in total. The Morgan fingerprint density at radius 1 is 1.04 bits per heavy atom. The zero-order valence-corrected chi connectivity index (χ0v) is 15.2. The molecule has 0 bridgehead atoms. The molecule has 2 aliphatic rings. The molecule has 25 heavy (non-hydrogen) atoms. The molecule has 3 rings (SSSR count). The highest BCUT2D eigenvalue weighted by molar-refractivity contribution is 7.89. The van der Waals surface area contributed by atoms with Gasteiger partial charge in [-0.25, -0.2) is 8.42 Å². The molecule has 138 valence electrons. The van der Waals surface area contributed by atoms with E-state index >= 15 is 0 Å². The van der Waals surface area contributed by atoms with Gasteiger partial charge in [-0.1, -0.05) is 24.6 Å². The maximum atomic E-state index is 13.0. The average Bonchev–Trinajstić information content (AvgIpc) is 2.64. The fourth-order valence-electron chi connectivity index (χ4n) is 3.74. The van der Waals surface area contributed by atoms with Crippen molar-refractivity contribution < 1.29 is 13.2 Å². The van der Waals surface area contributed by atoms with E-state index in [4.69, 9.17) is 5.73 Å². The van der Waals surface area contributed by atoms with Crippen molar-refractivity contribution in [2.24, 2.45) is 5.73 Å². The van der Waals surface area contributed by atoms with Crippen molar-refractivity contribution in [1.82, 2.24) is 9.62 Å². The van der Waals surface area contributed by atoms with E-state index in [2.05, 4.69) is 5.32 Å². The monoisotopic (exact) mass is 365 g/mol. The molecule has 1 aromatic rings. The number of nitrogens with one attached hydrogen (secondary N) is 1. The van der Waals surface area contributed by atoms with E-state index in [1.807, 2.05) is 0 Å². The number of nitrogens with two attached hydrogens (primary N) is 1. The lowest BCUT2D eigenvalue weighted by Crippen LogP contribution is -2.54. The number of hydrogen-bond donors (Lipinski definition) is 2. The van der Waals surface area contributed by atoms with E-state index < -0.39 is 16.1 Å². The Morgan fingerprint density at radius 3 is 2.40 bits per heavy atom. The van der Waals surface area contributed by atoms with Crippen LogP contribution < -0.4 is 11.1 Å². The molecule has 7 heteroatoms. The van der Waals surface area contributed by atoms with Crippen molar-refractivity contribution >= 4 is 15.9 Å². The minimum atomic E-state index is -3.65. The van der Waals surface area contributed by atoms with Crippen molar-refractivity contribution in [3.63, 3.8) is 0 Å². The third kappa shape index (κ3) is 4.22. The first-order valence-electron chi connectivity index (χ1n) is 9.11. The topological polar surface area (TPSA) is 92.5 Å². The van der Waals surface area contributed by atoms with Gasteiger partial charge in [0.2, 0.25) is 15.9 Å². The number of sulfonamides is 1. The van der Waals surface area contributed by atoms with Crippen LogP contribution in [0.25, 0.3) is 0 Å². The summed E-state index contributed by atoms with van der Waals surface area (Å²) in [5.41, 5.74) is 5.91. The van der Waals surface area contributed by atoms with Gasteiger partial charge in [0.1, 0.15) is 6.04 Å². The number of carbonyl (C=O) groups is 1. The molecule has 1 aromatic carbocycles. The van der Waals surface area contributed by atoms with Crippen LogP contribution in [0.15, 0.2) is 35.2 Å². The Hall–Kier alpha value is -1.44. The summed E-state index contributed by atoms with van der Waals surface area (Å²) in [4.78, 5) is 13.0. The lowest BCUT2D eigenvalue weighted by molar-refractivity contribution is -0.126. The van der Waals surface area contributed by atoms with Crippen LogP contribution in [0.4, 0.5) is 0 Å². The zero-order chi connectivity index (χ0) is 17.9. The highest BCUT2D eigenvalue weighted by atomic mass is 32.2. The van der Waals surface area contributed by atoms with Gasteiger partial charge in [0.05, 0.1) is 4.90 Å². The highest BCUT2D eigenvalue weighted by Crippen LogP contribution is 2.26. The van der Waals surface area contributed by atoms with Crippen molar-refractivity contribution in [3.8, 4) is 0 Å². The largest absolute Gasteiger partial charge is 0.352 e. The molecule has 2 fully saturated rings. The van der Waals surface area contributed by atoms with Gasteiger partial charge in [-0.3, -0.25) is 4.79 Å². The van der Waals surface area contributed by atoms with Gasteiger partial charge in [-0.15, -0.1) is 0 Å². The highest BCUT2D eigenvalue weighted by Gasteiger charge is 2.38. The van der Waals surface area contributed by atoms with Gasteiger partial charge in [-0.2, -0.15) is 4.31 Å². The minimum absolute atomic E-state index is 0.107. The SMILES string of the molecule is NC1CCC(NC(=O)C2CCCCN2S(=O)(=O)c2ccccc2)CC1. The van der Waals surface area contributed by atoms with Crippen LogP contribution in [0.2, 0.25) is 0 Å². The van der Waals surface area contributed by atoms with Crippen molar-refractivity contribution in [2.75, 3.05) is 6.54 Å². The maximum absolute atomic E-state index is 13.0. The van der Waals surface area contributed by atoms with Gasteiger partial charge in [0, 0.05) is 18.6 Å². The maximum Gasteiger partial charge on any atom is 0.243 e. The van der Waals surface area contributed by atoms with E-state index in [0.29, 0.717) is 13.0 Å². The number of amides is 1. The van der Waals surface area contributed by atoms with E-state index in [9.17, 15) is 13.2 Å². The number of nitrogens with zero attached hydrogens (tertiary/aromatic N) is 1. The van der Waals surface area contributed by atoms with E-state index in [-0.39, 0.29) is 22.9 Å². The second kappa shape index (κ2) is 7.85. The molecule has 1 saturated carbocycles. The predicted molar refractivity (Wildman–Crippen MR) is 96.3 cm³/mol. The summed E-state index contributed by atoms with van der Waals surface area (Å²) >= 11 is 0. The third-order valence-corrected chi connectivity index (χ3v) is 7.15. The van der Waals surface area contributed by atoms with Gasteiger partial charge in [0.15, 0.2) is 0 Å². The first kappa shape index (κ1) is 18.4. The molecule has 1 saturated heterocycles. The van der Waals surface area contributed by atoms with E-state index in [1.54, 1.807) is 30.3 Å². The summed E-state index contributed by atoms with van der Waals surface area (Å²) < 4.78 is 27.3. The van der Waals surface area contributed by atoms with Gasteiger partial charge < -0.3 is 11.1 Å². The molecule has 0 spiro atoms. The summed E-state index contributed by atoms with van der Waals surface area (Å²) in [6.07, 6.45) is 5.77. The number of carbonyl (C=O) groups excluding carboxylic acids is 1. The molecular formula is C18H27N3O3S. The van der Waals surface area contributed by atoms with Crippen LogP contribution >= 0.6 is 0 Å². The number of rotatable bonds is 4. The molecule has 1 heterocycles. The van der Waals surface area contributed by atoms with Crippen LogP contribution in [0.5, 0.6) is 0 Å². The Labute approximate surface area is 149 Å². The fourth-order valence-corrected chi connectivity index (χ4v) is 5.42. The molecule has 0 radical (unpaired) electrons. The molecule has 1 aliphatic carbocycles. The predicted octanol–water partition coefficient (Wildman–Crippen LogP) is 1.62. The minimum Gasteiger partial charge on any atom is -0.352 e. The van der Waals surface area contributed by atoms with Crippen molar-refractivity contribution in [3.05, 3.63) is 30.3 Å². The second-order valence-corrected chi connectivity index (χ2v) is 8.95. The summed E-state index contributed by atoms with van der Waals surface area (Å²) in [6.45, 7) is 0.394. The lowest BCUT2D eigenvalue weighted by atomic mass is 9.91. The summed E-state index contributed by atoms with van der Waals surface area (Å²) in [5.74, 6) is -0.167. The normalized spacial score (nSPS) is 28.4. The quantitative estimate of drug-likeness (QED) is 0.848. The molecule has 1 aliphatic heterocycles. The van der Waals surface area contributed by atoms with Crippen LogP contribution in [-0.2, 0) is 14.8 Å². The van der Waals surface area contributed by atoms with Crippen molar-refractivity contribution in [1.29, 1.82) is 0 Å². The zero-order valence-electron chi connectivity index (χ0n) is 14.4. The summed E-state index contributed by atoms with van der Waals surface area (Å²) in [6, 6.07) is 8.08. The van der Waals surface area contributed by atoms with Crippen LogP contribution in [-0.4, -0.2) is 43.3 Å². The number of hydrogen-bond acceptors (Lipinski definition) is 4. The van der Waals surface area contributed by atoms with E-state index in [1.165, 1.54) is 4.31 Å². The van der Waals surface area contributed by atoms with Crippen molar-refractivity contribution in [2.45, 2.75) is 68.0 Å². The molecule has 1 atom stereocenters. The Morgan fingerprint density at radius 2 is 1.72 bits per heavy atom. The summed E-state index contributed by atoms with van der Waals surface area (Å²) in [7, 11) is -3.65. The molecule has 0 aromatic heterocycles. The fraction of sp³-hybridized carbons (Fsp3) is 0.611. The lowest BCUT2D eigenvalue weighted by Gasteiger charge is -2.35. The van der Waals surface area contributed by atoms with Crippen LogP contribution in [0.1, 0.15) is 44.9 Å². The smallest absolute Gasteiger partial charge is 0.243 e. The van der Waals surface area contributed by atoms with Gasteiger partial charge >= 0.3 is 0 Å². The molecule has 1 amide bonds. The Balaban J connectivity index is 1.73. The second-order valence-electron chi connectivity index (χ2n) is 7.06. The molecule has 3 N–H and O–H groups in total. The van der Waals surface area contributed by atoms with Gasteiger partial charge in [0.25, 0.3) is 0 Å². The average molecular weight is 365 g/mol. The first-order chi connectivity index (χ1) is 12.0.